The zero-order valence-electron chi connectivity index (χ0n) is 11.6. The molecular formula is C12H22N4O4. The van der Waals surface area contributed by atoms with E-state index in [-0.39, 0.29) is 13.1 Å². The number of aliphatic carboxylic acids is 1. The molecule has 0 saturated heterocycles. The summed E-state index contributed by atoms with van der Waals surface area (Å²) in [5.41, 5.74) is 3.69. The van der Waals surface area contributed by atoms with E-state index in [1.54, 1.807) is 0 Å². The SMILES string of the molecule is CC1CCC(NC(=O)NCCNC(N)=O)(C(=O)O)CC1. The molecule has 0 aromatic carbocycles. The molecule has 1 saturated carbocycles. The Hall–Kier alpha value is -1.99. The lowest BCUT2D eigenvalue weighted by atomic mass is 9.77. The van der Waals surface area contributed by atoms with Crippen LogP contribution in [0.5, 0.6) is 0 Å². The van der Waals surface area contributed by atoms with Crippen molar-refractivity contribution in [2.75, 3.05) is 13.1 Å². The van der Waals surface area contributed by atoms with E-state index in [0.29, 0.717) is 18.8 Å². The van der Waals surface area contributed by atoms with Crippen molar-refractivity contribution in [3.63, 3.8) is 0 Å². The number of amides is 4. The van der Waals surface area contributed by atoms with Gasteiger partial charge in [-0.15, -0.1) is 0 Å². The average molecular weight is 286 g/mol. The minimum absolute atomic E-state index is 0.181. The van der Waals surface area contributed by atoms with Gasteiger partial charge in [0.1, 0.15) is 5.54 Å². The molecule has 1 aliphatic carbocycles. The molecule has 1 rings (SSSR count). The first-order valence-corrected chi connectivity index (χ1v) is 6.68. The molecular weight excluding hydrogens is 264 g/mol. The smallest absolute Gasteiger partial charge is 0.329 e. The highest BCUT2D eigenvalue weighted by atomic mass is 16.4. The van der Waals surface area contributed by atoms with Crippen LogP contribution in [-0.4, -0.2) is 41.8 Å². The predicted molar refractivity (Wildman–Crippen MR) is 72.1 cm³/mol. The fraction of sp³-hybridized carbons (Fsp3) is 0.750. The van der Waals surface area contributed by atoms with Crippen molar-refractivity contribution in [2.45, 2.75) is 38.1 Å². The second kappa shape index (κ2) is 6.97. The van der Waals surface area contributed by atoms with E-state index in [9.17, 15) is 19.5 Å². The van der Waals surface area contributed by atoms with Gasteiger partial charge in [0.05, 0.1) is 0 Å². The van der Waals surface area contributed by atoms with Crippen molar-refractivity contribution >= 4 is 18.0 Å². The van der Waals surface area contributed by atoms with Crippen molar-refractivity contribution in [1.82, 2.24) is 16.0 Å². The van der Waals surface area contributed by atoms with Crippen molar-refractivity contribution in [1.29, 1.82) is 0 Å². The van der Waals surface area contributed by atoms with E-state index < -0.39 is 23.6 Å². The maximum Gasteiger partial charge on any atom is 0.329 e. The highest BCUT2D eigenvalue weighted by Crippen LogP contribution is 2.32. The van der Waals surface area contributed by atoms with Crippen LogP contribution < -0.4 is 21.7 Å². The Balaban J connectivity index is 2.44. The summed E-state index contributed by atoms with van der Waals surface area (Å²) in [5, 5.41) is 16.7. The predicted octanol–water partition coefficient (Wildman–Crippen LogP) is -0.0126. The number of urea groups is 2. The average Bonchev–Trinajstić information content (AvgIpc) is 2.37. The van der Waals surface area contributed by atoms with Gasteiger partial charge in [-0.2, -0.15) is 0 Å². The highest BCUT2D eigenvalue weighted by Gasteiger charge is 2.42. The molecule has 0 aromatic rings. The third kappa shape index (κ3) is 4.60. The van der Waals surface area contributed by atoms with Crippen LogP contribution in [0.3, 0.4) is 0 Å². The standard InChI is InChI=1S/C12H22N4O4/c1-8-2-4-12(5-3-8,9(17)18)16-11(20)15-7-6-14-10(13)19/h8H,2-7H2,1H3,(H,17,18)(H3,13,14,19)(H2,15,16,20). The molecule has 0 aromatic heterocycles. The van der Waals surface area contributed by atoms with Crippen molar-refractivity contribution in [2.24, 2.45) is 11.7 Å². The molecule has 0 unspecified atom stereocenters. The molecule has 0 atom stereocenters. The number of nitrogens with two attached hydrogens (primary N) is 1. The maximum absolute atomic E-state index is 11.7. The molecule has 8 heteroatoms. The van der Waals surface area contributed by atoms with Crippen molar-refractivity contribution in [3.05, 3.63) is 0 Å². The monoisotopic (exact) mass is 286 g/mol. The van der Waals surface area contributed by atoms with Crippen LogP contribution in [0.1, 0.15) is 32.6 Å². The van der Waals surface area contributed by atoms with Crippen LogP contribution in [-0.2, 0) is 4.79 Å². The fourth-order valence-corrected chi connectivity index (χ4v) is 2.27. The van der Waals surface area contributed by atoms with Crippen LogP contribution in [0, 0.1) is 5.92 Å². The van der Waals surface area contributed by atoms with E-state index in [1.165, 1.54) is 0 Å². The molecule has 0 spiro atoms. The van der Waals surface area contributed by atoms with Crippen LogP contribution >= 0.6 is 0 Å². The van der Waals surface area contributed by atoms with Crippen LogP contribution in [0.25, 0.3) is 0 Å². The zero-order chi connectivity index (χ0) is 15.2. The minimum Gasteiger partial charge on any atom is -0.480 e. The van der Waals surface area contributed by atoms with Gasteiger partial charge >= 0.3 is 18.0 Å². The molecule has 8 nitrogen and oxygen atoms in total. The van der Waals surface area contributed by atoms with Gasteiger partial charge in [-0.05, 0) is 31.6 Å². The summed E-state index contributed by atoms with van der Waals surface area (Å²) in [6.45, 7) is 2.45. The molecule has 6 N–H and O–H groups in total. The number of carboxylic acid groups (broad SMARTS) is 1. The first-order valence-electron chi connectivity index (χ1n) is 6.68. The van der Waals surface area contributed by atoms with E-state index >= 15 is 0 Å². The molecule has 0 radical (unpaired) electrons. The third-order valence-corrected chi connectivity index (χ3v) is 3.60. The largest absolute Gasteiger partial charge is 0.480 e. The number of hydrogen-bond donors (Lipinski definition) is 5. The topological polar surface area (TPSA) is 134 Å². The Morgan fingerprint density at radius 2 is 1.75 bits per heavy atom. The lowest BCUT2D eigenvalue weighted by Gasteiger charge is -2.36. The Morgan fingerprint density at radius 3 is 2.25 bits per heavy atom. The van der Waals surface area contributed by atoms with Gasteiger partial charge in [-0.1, -0.05) is 6.92 Å². The van der Waals surface area contributed by atoms with E-state index in [4.69, 9.17) is 5.73 Å². The van der Waals surface area contributed by atoms with Crippen molar-refractivity contribution < 1.29 is 19.5 Å². The van der Waals surface area contributed by atoms with Crippen LogP contribution in [0.4, 0.5) is 9.59 Å². The number of carbonyl (C=O) groups excluding carboxylic acids is 2. The van der Waals surface area contributed by atoms with Crippen LogP contribution in [0.15, 0.2) is 0 Å². The van der Waals surface area contributed by atoms with Gasteiger partial charge in [0, 0.05) is 13.1 Å². The number of carboxylic acids is 1. The first-order chi connectivity index (χ1) is 9.35. The molecule has 20 heavy (non-hydrogen) atoms. The zero-order valence-corrected chi connectivity index (χ0v) is 11.6. The van der Waals surface area contributed by atoms with Gasteiger partial charge in [0.25, 0.3) is 0 Å². The Labute approximate surface area is 117 Å². The van der Waals surface area contributed by atoms with Crippen molar-refractivity contribution in [3.8, 4) is 0 Å². The molecule has 0 heterocycles. The molecule has 1 aliphatic rings. The maximum atomic E-state index is 11.7. The van der Waals surface area contributed by atoms with Gasteiger partial charge in [-0.25, -0.2) is 14.4 Å². The van der Waals surface area contributed by atoms with Gasteiger partial charge < -0.3 is 26.8 Å². The molecule has 114 valence electrons. The summed E-state index contributed by atoms with van der Waals surface area (Å²) >= 11 is 0. The summed E-state index contributed by atoms with van der Waals surface area (Å²) in [5.74, 6) is -0.526. The second-order valence-electron chi connectivity index (χ2n) is 5.24. The lowest BCUT2D eigenvalue weighted by molar-refractivity contribution is -0.146. The van der Waals surface area contributed by atoms with Crippen LogP contribution in [0.2, 0.25) is 0 Å². The number of primary amides is 1. The molecule has 0 aliphatic heterocycles. The lowest BCUT2D eigenvalue weighted by Crippen LogP contribution is -2.59. The summed E-state index contributed by atoms with van der Waals surface area (Å²) in [6, 6.07) is -1.22. The third-order valence-electron chi connectivity index (χ3n) is 3.60. The molecule has 4 amide bonds. The number of hydrogen-bond acceptors (Lipinski definition) is 3. The van der Waals surface area contributed by atoms with E-state index in [0.717, 1.165) is 12.8 Å². The normalized spacial score (nSPS) is 25.6. The summed E-state index contributed by atoms with van der Waals surface area (Å²) < 4.78 is 0. The van der Waals surface area contributed by atoms with E-state index in [2.05, 4.69) is 22.9 Å². The number of nitrogens with one attached hydrogen (secondary N) is 3. The highest BCUT2D eigenvalue weighted by molar-refractivity contribution is 5.86. The van der Waals surface area contributed by atoms with Gasteiger partial charge in [-0.3, -0.25) is 0 Å². The quantitative estimate of drug-likeness (QED) is 0.454. The van der Waals surface area contributed by atoms with Gasteiger partial charge in [0.2, 0.25) is 0 Å². The summed E-state index contributed by atoms with van der Waals surface area (Å²) in [4.78, 5) is 33.6. The summed E-state index contributed by atoms with van der Waals surface area (Å²) in [6.07, 6.45) is 2.40. The van der Waals surface area contributed by atoms with Gasteiger partial charge in [0.15, 0.2) is 0 Å². The Bertz CT molecular complexity index is 378. The second-order valence-corrected chi connectivity index (χ2v) is 5.24. The Morgan fingerprint density at radius 1 is 1.20 bits per heavy atom. The number of rotatable bonds is 5. The molecule has 1 fully saturated rings. The molecule has 0 bridgehead atoms. The Kier molecular flexibility index (Phi) is 5.60. The summed E-state index contributed by atoms with van der Waals surface area (Å²) in [7, 11) is 0. The van der Waals surface area contributed by atoms with E-state index in [1.807, 2.05) is 0 Å². The fourth-order valence-electron chi connectivity index (χ4n) is 2.27. The first kappa shape index (κ1) is 16.1. The minimum atomic E-state index is -1.19. The number of carbonyl (C=O) groups is 3.